The van der Waals surface area contributed by atoms with E-state index in [4.69, 9.17) is 10.2 Å². The Labute approximate surface area is 126 Å². The van der Waals surface area contributed by atoms with E-state index in [1.807, 2.05) is 0 Å². The molecule has 0 fully saturated rings. The van der Waals surface area contributed by atoms with Crippen molar-refractivity contribution >= 4 is 11.9 Å². The van der Waals surface area contributed by atoms with Crippen LogP contribution in [-0.4, -0.2) is 22.2 Å². The molecule has 0 saturated heterocycles. The topological polar surface area (TPSA) is 74.6 Å². The first kappa shape index (κ1) is 16.5. The van der Waals surface area contributed by atoms with Crippen molar-refractivity contribution in [2.45, 2.75) is 6.18 Å². The molecule has 0 unspecified atom stereocenters. The quantitative estimate of drug-likeness (QED) is 0.838. The first-order valence-corrected chi connectivity index (χ1v) is 6.08. The van der Waals surface area contributed by atoms with Gasteiger partial charge in [0.25, 0.3) is 0 Å². The van der Waals surface area contributed by atoms with E-state index in [0.29, 0.717) is 18.2 Å². The minimum atomic E-state index is -4.80. The molecular formula is C15H8F4O4. The number of alkyl halides is 3. The maximum Gasteiger partial charge on any atom is 0.416 e. The second-order valence-corrected chi connectivity index (χ2v) is 4.64. The van der Waals surface area contributed by atoms with Crippen LogP contribution >= 0.6 is 0 Å². The smallest absolute Gasteiger partial charge is 0.416 e. The molecular weight excluding hydrogens is 320 g/mol. The molecule has 0 spiro atoms. The third kappa shape index (κ3) is 3.65. The molecule has 2 aromatic carbocycles. The lowest BCUT2D eigenvalue weighted by molar-refractivity contribution is -0.137. The highest BCUT2D eigenvalue weighted by atomic mass is 19.4. The van der Waals surface area contributed by atoms with Gasteiger partial charge in [0.2, 0.25) is 0 Å². The van der Waals surface area contributed by atoms with E-state index in [0.717, 1.165) is 18.2 Å². The first-order chi connectivity index (χ1) is 10.6. The van der Waals surface area contributed by atoms with Crippen LogP contribution in [0.15, 0.2) is 36.4 Å². The molecule has 0 aliphatic rings. The molecule has 23 heavy (non-hydrogen) atoms. The summed E-state index contributed by atoms with van der Waals surface area (Å²) in [7, 11) is 0. The van der Waals surface area contributed by atoms with Crippen LogP contribution in [-0.2, 0) is 6.18 Å². The van der Waals surface area contributed by atoms with Crippen LogP contribution in [0.3, 0.4) is 0 Å². The number of aromatic carboxylic acids is 2. The number of carboxylic acids is 2. The van der Waals surface area contributed by atoms with Crippen molar-refractivity contribution < 1.29 is 37.4 Å². The number of halogens is 4. The average molecular weight is 328 g/mol. The predicted molar refractivity (Wildman–Crippen MR) is 70.8 cm³/mol. The lowest BCUT2D eigenvalue weighted by Gasteiger charge is -2.11. The van der Waals surface area contributed by atoms with Crippen molar-refractivity contribution in [1.29, 1.82) is 0 Å². The van der Waals surface area contributed by atoms with Crippen molar-refractivity contribution in [2.24, 2.45) is 0 Å². The molecule has 120 valence electrons. The Hall–Kier alpha value is -2.90. The van der Waals surface area contributed by atoms with E-state index in [9.17, 15) is 27.2 Å². The number of hydrogen-bond donors (Lipinski definition) is 2. The van der Waals surface area contributed by atoms with Crippen LogP contribution in [0.25, 0.3) is 11.1 Å². The van der Waals surface area contributed by atoms with Gasteiger partial charge in [0, 0.05) is 0 Å². The average Bonchev–Trinajstić information content (AvgIpc) is 2.45. The van der Waals surface area contributed by atoms with Crippen molar-refractivity contribution in [1.82, 2.24) is 0 Å². The number of benzene rings is 2. The lowest BCUT2D eigenvalue weighted by Crippen LogP contribution is -2.08. The van der Waals surface area contributed by atoms with Gasteiger partial charge < -0.3 is 10.2 Å². The van der Waals surface area contributed by atoms with Gasteiger partial charge in [-0.3, -0.25) is 0 Å². The Morgan fingerprint density at radius 3 is 1.74 bits per heavy atom. The number of rotatable bonds is 3. The monoisotopic (exact) mass is 328 g/mol. The van der Waals surface area contributed by atoms with Crippen molar-refractivity contribution in [3.8, 4) is 11.1 Å². The summed E-state index contributed by atoms with van der Waals surface area (Å²) in [4.78, 5) is 21.9. The summed E-state index contributed by atoms with van der Waals surface area (Å²) in [5.74, 6) is -4.02. The lowest BCUT2D eigenvalue weighted by atomic mass is 9.98. The van der Waals surface area contributed by atoms with Crippen LogP contribution in [0.4, 0.5) is 17.6 Å². The third-order valence-electron chi connectivity index (χ3n) is 2.99. The van der Waals surface area contributed by atoms with Gasteiger partial charge in [-0.15, -0.1) is 0 Å². The Bertz CT molecular complexity index is 797. The fraction of sp³-hybridized carbons (Fsp3) is 0.0667. The molecule has 0 aliphatic heterocycles. The van der Waals surface area contributed by atoms with E-state index in [1.54, 1.807) is 0 Å². The van der Waals surface area contributed by atoms with Crippen molar-refractivity contribution in [3.63, 3.8) is 0 Å². The fourth-order valence-corrected chi connectivity index (χ4v) is 1.96. The van der Waals surface area contributed by atoms with Gasteiger partial charge in [-0.2, -0.15) is 13.2 Å². The van der Waals surface area contributed by atoms with E-state index in [1.165, 1.54) is 0 Å². The molecule has 8 heteroatoms. The molecule has 2 aromatic rings. The Morgan fingerprint density at radius 1 is 0.783 bits per heavy atom. The molecule has 0 heterocycles. The number of carbonyl (C=O) groups is 2. The van der Waals surface area contributed by atoms with Crippen LogP contribution in [0, 0.1) is 5.82 Å². The summed E-state index contributed by atoms with van der Waals surface area (Å²) in [6.45, 7) is 0. The van der Waals surface area contributed by atoms with E-state index >= 15 is 0 Å². The van der Waals surface area contributed by atoms with E-state index < -0.39 is 40.6 Å². The third-order valence-corrected chi connectivity index (χ3v) is 2.99. The molecule has 0 atom stereocenters. The highest BCUT2D eigenvalue weighted by Crippen LogP contribution is 2.34. The molecule has 0 bridgehead atoms. The highest BCUT2D eigenvalue weighted by molar-refractivity contribution is 5.92. The minimum absolute atomic E-state index is 0.170. The van der Waals surface area contributed by atoms with Crippen molar-refractivity contribution in [2.75, 3.05) is 0 Å². The van der Waals surface area contributed by atoms with Crippen LogP contribution in [0.1, 0.15) is 26.3 Å². The molecule has 0 saturated carbocycles. The van der Waals surface area contributed by atoms with Gasteiger partial charge in [-0.05, 0) is 47.5 Å². The number of carboxylic acid groups (broad SMARTS) is 2. The minimum Gasteiger partial charge on any atom is -0.478 e. The van der Waals surface area contributed by atoms with Crippen LogP contribution in [0.5, 0.6) is 0 Å². The molecule has 0 amide bonds. The molecule has 2 rings (SSSR count). The Morgan fingerprint density at radius 2 is 1.26 bits per heavy atom. The zero-order chi connectivity index (χ0) is 17.4. The van der Waals surface area contributed by atoms with Gasteiger partial charge >= 0.3 is 18.1 Å². The second kappa shape index (κ2) is 5.71. The molecule has 0 aromatic heterocycles. The van der Waals surface area contributed by atoms with Gasteiger partial charge in [0.05, 0.1) is 16.7 Å². The Kier molecular flexibility index (Phi) is 4.09. The fourth-order valence-electron chi connectivity index (χ4n) is 1.96. The van der Waals surface area contributed by atoms with Gasteiger partial charge in [0.1, 0.15) is 5.82 Å². The van der Waals surface area contributed by atoms with Gasteiger partial charge in [-0.1, -0.05) is 0 Å². The summed E-state index contributed by atoms with van der Waals surface area (Å²) in [5, 5.41) is 17.8. The predicted octanol–water partition coefficient (Wildman–Crippen LogP) is 3.91. The highest BCUT2D eigenvalue weighted by Gasteiger charge is 2.32. The summed E-state index contributed by atoms with van der Waals surface area (Å²) >= 11 is 0. The zero-order valence-electron chi connectivity index (χ0n) is 11.2. The SMILES string of the molecule is O=C(O)c1cc(F)cc(-c2cc(C(=O)O)cc(C(F)(F)F)c2)c1. The summed E-state index contributed by atoms with van der Waals surface area (Å²) in [6, 6.07) is 4.49. The summed E-state index contributed by atoms with van der Waals surface area (Å²) in [5.41, 5.74) is -2.76. The molecule has 0 aliphatic carbocycles. The largest absolute Gasteiger partial charge is 0.478 e. The number of hydrogen-bond acceptors (Lipinski definition) is 2. The Balaban J connectivity index is 2.70. The molecule has 0 radical (unpaired) electrons. The van der Waals surface area contributed by atoms with E-state index in [-0.39, 0.29) is 11.1 Å². The normalized spacial score (nSPS) is 11.3. The van der Waals surface area contributed by atoms with Crippen LogP contribution < -0.4 is 0 Å². The van der Waals surface area contributed by atoms with Crippen LogP contribution in [0.2, 0.25) is 0 Å². The van der Waals surface area contributed by atoms with Crippen molar-refractivity contribution in [3.05, 3.63) is 58.9 Å². The maximum atomic E-state index is 13.5. The van der Waals surface area contributed by atoms with Gasteiger partial charge in [-0.25, -0.2) is 14.0 Å². The summed E-state index contributed by atoms with van der Waals surface area (Å²) in [6.07, 6.45) is -4.80. The zero-order valence-corrected chi connectivity index (χ0v) is 11.2. The maximum absolute atomic E-state index is 13.5. The molecule has 2 N–H and O–H groups in total. The molecule has 4 nitrogen and oxygen atoms in total. The standard InChI is InChI=1S/C15H8F4O4/c16-12-5-8(2-10(6-12)14(22)23)7-1-9(13(20)21)4-11(3-7)15(17,18)19/h1-6H,(H,20,21)(H,22,23). The van der Waals surface area contributed by atoms with E-state index in [2.05, 4.69) is 0 Å². The second-order valence-electron chi connectivity index (χ2n) is 4.64. The summed E-state index contributed by atoms with van der Waals surface area (Å²) < 4.78 is 52.0. The first-order valence-electron chi connectivity index (χ1n) is 6.08. The van der Waals surface area contributed by atoms with Gasteiger partial charge in [0.15, 0.2) is 0 Å².